The average molecular weight is 290 g/mol. The van der Waals surface area contributed by atoms with Crippen molar-refractivity contribution in [2.75, 3.05) is 44.2 Å². The molecular weight excluding hydrogens is 264 g/mol. The predicted molar refractivity (Wildman–Crippen MR) is 85.8 cm³/mol. The van der Waals surface area contributed by atoms with Gasteiger partial charge in [-0.2, -0.15) is 0 Å². The molecule has 1 fully saturated rings. The number of carbonyl (C=O) groups excluding carboxylic acids is 1. The van der Waals surface area contributed by atoms with Gasteiger partial charge >= 0.3 is 5.97 Å². The van der Waals surface area contributed by atoms with E-state index in [1.54, 1.807) is 0 Å². The SMILES string of the molecule is CCOC(=O)CN1CCN(c2ccc(C(C)C)cc2)CC1. The lowest BCUT2D eigenvalue weighted by Gasteiger charge is -2.35. The van der Waals surface area contributed by atoms with Gasteiger partial charge in [0.1, 0.15) is 0 Å². The summed E-state index contributed by atoms with van der Waals surface area (Å²) in [7, 11) is 0. The second-order valence-corrected chi connectivity index (χ2v) is 5.81. The van der Waals surface area contributed by atoms with E-state index < -0.39 is 0 Å². The standard InChI is InChI=1S/C17H26N2O2/c1-4-21-17(20)13-18-9-11-19(12-10-18)16-7-5-15(6-8-16)14(2)3/h5-8,14H,4,9-13H2,1-3H3. The minimum Gasteiger partial charge on any atom is -0.465 e. The summed E-state index contributed by atoms with van der Waals surface area (Å²) in [5.41, 5.74) is 2.65. The lowest BCUT2D eigenvalue weighted by atomic mass is 10.0. The molecule has 1 aromatic carbocycles. The van der Waals surface area contributed by atoms with Crippen molar-refractivity contribution >= 4 is 11.7 Å². The van der Waals surface area contributed by atoms with Crippen molar-refractivity contribution in [2.24, 2.45) is 0 Å². The Kier molecular flexibility index (Phi) is 5.62. The molecule has 1 aliphatic rings. The Morgan fingerprint density at radius 3 is 2.29 bits per heavy atom. The van der Waals surface area contributed by atoms with Gasteiger partial charge in [0.05, 0.1) is 13.2 Å². The van der Waals surface area contributed by atoms with E-state index in [1.807, 2.05) is 6.92 Å². The molecule has 0 unspecified atom stereocenters. The summed E-state index contributed by atoms with van der Waals surface area (Å²) in [5.74, 6) is 0.452. The topological polar surface area (TPSA) is 32.8 Å². The molecule has 0 N–H and O–H groups in total. The molecule has 2 rings (SSSR count). The third kappa shape index (κ3) is 4.46. The molecule has 21 heavy (non-hydrogen) atoms. The van der Waals surface area contributed by atoms with Crippen LogP contribution in [-0.4, -0.2) is 50.2 Å². The Bertz CT molecular complexity index is 448. The molecule has 0 amide bonds. The number of carbonyl (C=O) groups is 1. The summed E-state index contributed by atoms with van der Waals surface area (Å²) in [4.78, 5) is 16.0. The smallest absolute Gasteiger partial charge is 0.320 e. The Labute approximate surface area is 127 Å². The molecule has 0 saturated carbocycles. The van der Waals surface area contributed by atoms with Crippen molar-refractivity contribution in [1.29, 1.82) is 0 Å². The Morgan fingerprint density at radius 1 is 1.14 bits per heavy atom. The van der Waals surface area contributed by atoms with Gasteiger partial charge in [-0.3, -0.25) is 9.69 Å². The summed E-state index contributed by atoms with van der Waals surface area (Å²) in [6.45, 7) is 10.9. The molecule has 0 bridgehead atoms. The molecule has 0 spiro atoms. The lowest BCUT2D eigenvalue weighted by molar-refractivity contribution is -0.144. The van der Waals surface area contributed by atoms with E-state index in [9.17, 15) is 4.79 Å². The van der Waals surface area contributed by atoms with Crippen molar-refractivity contribution in [3.63, 3.8) is 0 Å². The first kappa shape index (κ1) is 15.8. The first-order valence-electron chi connectivity index (χ1n) is 7.83. The van der Waals surface area contributed by atoms with Crippen LogP contribution in [0.15, 0.2) is 24.3 Å². The molecule has 4 nitrogen and oxygen atoms in total. The molecule has 1 heterocycles. The van der Waals surface area contributed by atoms with Crippen molar-refractivity contribution in [1.82, 2.24) is 4.90 Å². The molecule has 1 saturated heterocycles. The van der Waals surface area contributed by atoms with Crippen molar-refractivity contribution < 1.29 is 9.53 Å². The van der Waals surface area contributed by atoms with Gasteiger partial charge in [-0.1, -0.05) is 26.0 Å². The van der Waals surface area contributed by atoms with Crippen molar-refractivity contribution in [3.05, 3.63) is 29.8 Å². The fourth-order valence-electron chi connectivity index (χ4n) is 2.62. The van der Waals surface area contributed by atoms with Gasteiger partial charge in [0.25, 0.3) is 0 Å². The predicted octanol–water partition coefficient (Wildman–Crippen LogP) is 2.50. The largest absolute Gasteiger partial charge is 0.465 e. The summed E-state index contributed by atoms with van der Waals surface area (Å²) < 4.78 is 5.00. The van der Waals surface area contributed by atoms with E-state index >= 15 is 0 Å². The maximum absolute atomic E-state index is 11.5. The van der Waals surface area contributed by atoms with Gasteiger partial charge < -0.3 is 9.64 Å². The number of hydrogen-bond donors (Lipinski definition) is 0. The fraction of sp³-hybridized carbons (Fsp3) is 0.588. The summed E-state index contributed by atoms with van der Waals surface area (Å²) in [5, 5.41) is 0. The maximum Gasteiger partial charge on any atom is 0.320 e. The Morgan fingerprint density at radius 2 is 1.76 bits per heavy atom. The van der Waals surface area contributed by atoms with Crippen LogP contribution < -0.4 is 4.90 Å². The number of hydrogen-bond acceptors (Lipinski definition) is 4. The molecule has 0 radical (unpaired) electrons. The molecule has 0 atom stereocenters. The number of anilines is 1. The average Bonchev–Trinajstić information content (AvgIpc) is 2.48. The minimum absolute atomic E-state index is 0.118. The highest BCUT2D eigenvalue weighted by atomic mass is 16.5. The van der Waals surface area contributed by atoms with Crippen LogP contribution >= 0.6 is 0 Å². The van der Waals surface area contributed by atoms with Gasteiger partial charge in [0.15, 0.2) is 0 Å². The third-order valence-corrected chi connectivity index (χ3v) is 3.96. The number of esters is 1. The van der Waals surface area contributed by atoms with Gasteiger partial charge in [0, 0.05) is 31.9 Å². The summed E-state index contributed by atoms with van der Waals surface area (Å²) in [6, 6.07) is 8.84. The summed E-state index contributed by atoms with van der Waals surface area (Å²) in [6.07, 6.45) is 0. The fourth-order valence-corrected chi connectivity index (χ4v) is 2.62. The first-order chi connectivity index (χ1) is 10.1. The second kappa shape index (κ2) is 7.46. The molecule has 4 heteroatoms. The molecule has 1 aromatic rings. The number of ether oxygens (including phenoxy) is 1. The molecule has 0 aromatic heterocycles. The van der Waals surface area contributed by atoms with Gasteiger partial charge in [-0.15, -0.1) is 0 Å². The van der Waals surface area contributed by atoms with Crippen LogP contribution in [0, 0.1) is 0 Å². The number of benzene rings is 1. The van der Waals surface area contributed by atoms with Crippen LogP contribution in [0.2, 0.25) is 0 Å². The highest BCUT2D eigenvalue weighted by molar-refractivity contribution is 5.71. The third-order valence-electron chi connectivity index (χ3n) is 3.96. The van der Waals surface area contributed by atoms with E-state index in [2.05, 4.69) is 47.9 Å². The highest BCUT2D eigenvalue weighted by Gasteiger charge is 2.19. The minimum atomic E-state index is -0.118. The van der Waals surface area contributed by atoms with Crippen LogP contribution in [0.1, 0.15) is 32.3 Å². The van der Waals surface area contributed by atoms with Gasteiger partial charge in [-0.05, 0) is 30.5 Å². The Hall–Kier alpha value is -1.55. The zero-order valence-corrected chi connectivity index (χ0v) is 13.3. The van der Waals surface area contributed by atoms with Crippen LogP contribution in [0.4, 0.5) is 5.69 Å². The molecule has 0 aliphatic carbocycles. The quantitative estimate of drug-likeness (QED) is 0.780. The van der Waals surface area contributed by atoms with E-state index in [1.165, 1.54) is 11.3 Å². The number of nitrogens with zero attached hydrogens (tertiary/aromatic N) is 2. The zero-order valence-electron chi connectivity index (χ0n) is 13.3. The van der Waals surface area contributed by atoms with E-state index in [-0.39, 0.29) is 5.97 Å². The van der Waals surface area contributed by atoms with Crippen LogP contribution in [0.3, 0.4) is 0 Å². The van der Waals surface area contributed by atoms with Crippen molar-refractivity contribution in [2.45, 2.75) is 26.7 Å². The summed E-state index contributed by atoms with van der Waals surface area (Å²) >= 11 is 0. The molecule has 116 valence electrons. The first-order valence-corrected chi connectivity index (χ1v) is 7.83. The molecular formula is C17H26N2O2. The van der Waals surface area contributed by atoms with Gasteiger partial charge in [-0.25, -0.2) is 0 Å². The van der Waals surface area contributed by atoms with Crippen molar-refractivity contribution in [3.8, 4) is 0 Å². The van der Waals surface area contributed by atoms with Crippen LogP contribution in [0.25, 0.3) is 0 Å². The van der Waals surface area contributed by atoms with Crippen LogP contribution in [-0.2, 0) is 9.53 Å². The number of rotatable bonds is 5. The monoisotopic (exact) mass is 290 g/mol. The Balaban J connectivity index is 1.84. The highest BCUT2D eigenvalue weighted by Crippen LogP contribution is 2.21. The second-order valence-electron chi connectivity index (χ2n) is 5.81. The zero-order chi connectivity index (χ0) is 15.2. The maximum atomic E-state index is 11.5. The van der Waals surface area contributed by atoms with Crippen LogP contribution in [0.5, 0.6) is 0 Å². The van der Waals surface area contributed by atoms with E-state index in [0.29, 0.717) is 19.1 Å². The van der Waals surface area contributed by atoms with E-state index in [4.69, 9.17) is 4.74 Å². The van der Waals surface area contributed by atoms with E-state index in [0.717, 1.165) is 26.2 Å². The lowest BCUT2D eigenvalue weighted by Crippen LogP contribution is -2.48. The van der Waals surface area contributed by atoms with Gasteiger partial charge in [0.2, 0.25) is 0 Å². The molecule has 1 aliphatic heterocycles. The normalized spacial score (nSPS) is 16.3. The number of piperazine rings is 1.